The molecule has 7 nitrogen and oxygen atoms in total. The Labute approximate surface area is 259 Å². The number of carbonyl (C=O) groups is 2. The number of hydrogen-bond acceptors (Lipinski definition) is 4. The Morgan fingerprint density at radius 1 is 0.952 bits per heavy atom. The molecule has 1 atom stereocenters. The number of sulfonamides is 1. The first-order valence-electron chi connectivity index (χ1n) is 13.8. The molecule has 0 heterocycles. The van der Waals surface area contributed by atoms with Crippen LogP contribution in [-0.4, -0.2) is 43.3 Å². The summed E-state index contributed by atoms with van der Waals surface area (Å²) in [6.07, 6.45) is 0.299. The number of carbonyl (C=O) groups excluding carboxylic acids is 2. The van der Waals surface area contributed by atoms with Gasteiger partial charge < -0.3 is 10.2 Å². The third-order valence-electron chi connectivity index (χ3n) is 6.97. The molecule has 42 heavy (non-hydrogen) atoms. The quantitative estimate of drug-likeness (QED) is 0.265. The van der Waals surface area contributed by atoms with Crippen molar-refractivity contribution in [2.24, 2.45) is 0 Å². The highest BCUT2D eigenvalue weighted by atomic mass is 35.5. The van der Waals surface area contributed by atoms with E-state index in [1.807, 2.05) is 54.5 Å². The first kappa shape index (κ1) is 33.4. The first-order chi connectivity index (χ1) is 19.5. The van der Waals surface area contributed by atoms with E-state index >= 15 is 0 Å². The number of hydrogen-bond donors (Lipinski definition) is 1. The van der Waals surface area contributed by atoms with Gasteiger partial charge in [0.15, 0.2) is 0 Å². The Morgan fingerprint density at radius 3 is 2.17 bits per heavy atom. The molecule has 0 aliphatic heterocycles. The van der Waals surface area contributed by atoms with Crippen LogP contribution in [0.3, 0.4) is 0 Å². The van der Waals surface area contributed by atoms with Crippen LogP contribution in [0.2, 0.25) is 10.0 Å². The minimum Gasteiger partial charge on any atom is -0.350 e. The zero-order chi connectivity index (χ0) is 31.4. The predicted molar refractivity (Wildman–Crippen MR) is 171 cm³/mol. The summed E-state index contributed by atoms with van der Waals surface area (Å²) in [5, 5.41) is 3.73. The van der Waals surface area contributed by atoms with E-state index in [-0.39, 0.29) is 17.3 Å². The molecule has 0 aliphatic rings. The lowest BCUT2D eigenvalue weighted by atomic mass is 10.1. The summed E-state index contributed by atoms with van der Waals surface area (Å²) in [6, 6.07) is 15.9. The lowest BCUT2D eigenvalue weighted by molar-refractivity contribution is -0.141. The topological polar surface area (TPSA) is 86.8 Å². The van der Waals surface area contributed by atoms with E-state index in [0.29, 0.717) is 27.7 Å². The fourth-order valence-corrected chi connectivity index (χ4v) is 6.50. The molecule has 0 aromatic heterocycles. The van der Waals surface area contributed by atoms with Crippen molar-refractivity contribution >= 4 is 50.7 Å². The Balaban J connectivity index is 2.14. The SMILES string of the molecule is CC[C@H](C(=O)NC(C)(C)C)N(Cc1ccc(Cl)cc1Cl)C(=O)CN(c1cccc(C)c1C)S(=O)(=O)c1ccc(C)cc1. The molecule has 2 amide bonds. The van der Waals surface area contributed by atoms with Crippen LogP contribution in [0.4, 0.5) is 5.69 Å². The Bertz CT molecular complexity index is 1550. The summed E-state index contributed by atoms with van der Waals surface area (Å²) in [7, 11) is -4.17. The van der Waals surface area contributed by atoms with Gasteiger partial charge in [-0.1, -0.05) is 66.0 Å². The van der Waals surface area contributed by atoms with E-state index in [2.05, 4.69) is 5.32 Å². The molecule has 0 aliphatic carbocycles. The number of anilines is 1. The maximum Gasteiger partial charge on any atom is 0.264 e. The fraction of sp³-hybridized carbons (Fsp3) is 0.375. The largest absolute Gasteiger partial charge is 0.350 e. The molecule has 0 fully saturated rings. The molecule has 226 valence electrons. The molecule has 0 saturated carbocycles. The predicted octanol–water partition coefficient (Wildman–Crippen LogP) is 6.84. The molecular formula is C32H39Cl2N3O4S. The molecule has 0 radical (unpaired) electrons. The molecule has 3 aromatic rings. The molecule has 3 aromatic carbocycles. The zero-order valence-corrected chi connectivity index (χ0v) is 27.5. The van der Waals surface area contributed by atoms with Crippen molar-refractivity contribution in [1.82, 2.24) is 10.2 Å². The van der Waals surface area contributed by atoms with Gasteiger partial charge in [0.25, 0.3) is 10.0 Å². The van der Waals surface area contributed by atoms with Crippen LogP contribution in [-0.2, 0) is 26.2 Å². The van der Waals surface area contributed by atoms with Gasteiger partial charge in [-0.2, -0.15) is 0 Å². The molecule has 10 heteroatoms. The third kappa shape index (κ3) is 8.06. The van der Waals surface area contributed by atoms with Crippen LogP contribution < -0.4 is 9.62 Å². The lowest BCUT2D eigenvalue weighted by Crippen LogP contribution is -2.55. The fourth-order valence-electron chi connectivity index (χ4n) is 4.56. The summed E-state index contributed by atoms with van der Waals surface area (Å²) in [5.41, 5.74) is 2.94. The van der Waals surface area contributed by atoms with Crippen molar-refractivity contribution in [2.45, 2.75) is 77.9 Å². The van der Waals surface area contributed by atoms with E-state index in [0.717, 1.165) is 21.0 Å². The summed E-state index contributed by atoms with van der Waals surface area (Å²) in [6.45, 7) is 12.4. The Kier molecular flexibility index (Phi) is 10.7. The third-order valence-corrected chi connectivity index (χ3v) is 9.33. The normalized spacial score (nSPS) is 12.5. The van der Waals surface area contributed by atoms with Crippen molar-refractivity contribution < 1.29 is 18.0 Å². The molecule has 0 spiro atoms. The Hall–Kier alpha value is -3.07. The summed E-state index contributed by atoms with van der Waals surface area (Å²) >= 11 is 12.6. The maximum absolute atomic E-state index is 14.3. The second-order valence-electron chi connectivity index (χ2n) is 11.5. The van der Waals surface area contributed by atoms with Gasteiger partial charge in [-0.15, -0.1) is 0 Å². The number of benzene rings is 3. The van der Waals surface area contributed by atoms with Crippen LogP contribution in [0.1, 0.15) is 56.4 Å². The monoisotopic (exact) mass is 631 g/mol. The molecule has 3 rings (SSSR count). The van der Waals surface area contributed by atoms with Crippen molar-refractivity contribution in [3.05, 3.63) is 93.0 Å². The number of rotatable bonds is 10. The van der Waals surface area contributed by atoms with Gasteiger partial charge in [0, 0.05) is 22.1 Å². The number of halogens is 2. The van der Waals surface area contributed by atoms with Gasteiger partial charge in [0.05, 0.1) is 10.6 Å². The average Bonchev–Trinajstić information content (AvgIpc) is 2.89. The van der Waals surface area contributed by atoms with Gasteiger partial charge in [0.1, 0.15) is 12.6 Å². The molecule has 0 bridgehead atoms. The summed E-state index contributed by atoms with van der Waals surface area (Å²) in [5.74, 6) is -0.892. The van der Waals surface area contributed by atoms with E-state index in [1.165, 1.54) is 17.0 Å². The highest BCUT2D eigenvalue weighted by Crippen LogP contribution is 2.30. The first-order valence-corrected chi connectivity index (χ1v) is 16.0. The van der Waals surface area contributed by atoms with E-state index in [1.54, 1.807) is 42.5 Å². The second kappa shape index (κ2) is 13.5. The number of nitrogens with one attached hydrogen (secondary N) is 1. The van der Waals surface area contributed by atoms with Crippen LogP contribution in [0.15, 0.2) is 65.6 Å². The van der Waals surface area contributed by atoms with Crippen molar-refractivity contribution in [2.75, 3.05) is 10.8 Å². The highest BCUT2D eigenvalue weighted by Gasteiger charge is 2.35. The molecular weight excluding hydrogens is 593 g/mol. The van der Waals surface area contributed by atoms with Crippen LogP contribution >= 0.6 is 23.2 Å². The van der Waals surface area contributed by atoms with Crippen molar-refractivity contribution in [1.29, 1.82) is 0 Å². The van der Waals surface area contributed by atoms with Crippen LogP contribution in [0, 0.1) is 20.8 Å². The maximum atomic E-state index is 14.3. The number of nitrogens with zero attached hydrogens (tertiary/aromatic N) is 2. The highest BCUT2D eigenvalue weighted by molar-refractivity contribution is 7.92. The van der Waals surface area contributed by atoms with Crippen LogP contribution in [0.25, 0.3) is 0 Å². The number of amides is 2. The second-order valence-corrected chi connectivity index (χ2v) is 14.2. The van der Waals surface area contributed by atoms with Gasteiger partial charge >= 0.3 is 0 Å². The minimum atomic E-state index is -4.17. The lowest BCUT2D eigenvalue weighted by Gasteiger charge is -2.35. The molecule has 0 unspecified atom stereocenters. The minimum absolute atomic E-state index is 0.0177. The molecule has 1 N–H and O–H groups in total. The van der Waals surface area contributed by atoms with Crippen LogP contribution in [0.5, 0.6) is 0 Å². The summed E-state index contributed by atoms with van der Waals surface area (Å²) < 4.78 is 29.4. The standard InChI is InChI=1S/C32H39Cl2N3O4S/c1-8-28(31(39)35-32(5,6)7)36(19-24-14-15-25(33)18-27(24)34)30(38)20-37(29-11-9-10-22(3)23(29)4)42(40,41)26-16-12-21(2)13-17-26/h9-18,28H,8,19-20H2,1-7H3,(H,35,39)/t28-/m1/s1. The van der Waals surface area contributed by atoms with E-state index in [9.17, 15) is 18.0 Å². The van der Waals surface area contributed by atoms with Crippen molar-refractivity contribution in [3.63, 3.8) is 0 Å². The van der Waals surface area contributed by atoms with Gasteiger partial charge in [-0.05, 0) is 95.0 Å². The van der Waals surface area contributed by atoms with Crippen molar-refractivity contribution in [3.8, 4) is 0 Å². The van der Waals surface area contributed by atoms with Gasteiger partial charge in [-0.25, -0.2) is 8.42 Å². The van der Waals surface area contributed by atoms with E-state index < -0.39 is 34.1 Å². The summed E-state index contributed by atoms with van der Waals surface area (Å²) in [4.78, 5) is 29.2. The smallest absolute Gasteiger partial charge is 0.264 e. The number of aryl methyl sites for hydroxylation is 2. The van der Waals surface area contributed by atoms with Gasteiger partial charge in [0.2, 0.25) is 11.8 Å². The molecule has 0 saturated heterocycles. The van der Waals surface area contributed by atoms with Gasteiger partial charge in [-0.3, -0.25) is 13.9 Å². The Morgan fingerprint density at radius 2 is 1.60 bits per heavy atom. The zero-order valence-electron chi connectivity index (χ0n) is 25.2. The average molecular weight is 633 g/mol. The van der Waals surface area contributed by atoms with E-state index in [4.69, 9.17) is 23.2 Å².